The van der Waals surface area contributed by atoms with E-state index in [0.29, 0.717) is 19.6 Å². The van der Waals surface area contributed by atoms with Crippen LogP contribution in [-0.2, 0) is 15.1 Å². The molecule has 2 rings (SSSR count). The van der Waals surface area contributed by atoms with E-state index < -0.39 is 5.54 Å². The highest BCUT2D eigenvalue weighted by Gasteiger charge is 2.36. The maximum Gasteiger partial charge on any atom is 0.307 e. The lowest BCUT2D eigenvalue weighted by Crippen LogP contribution is -2.43. The van der Waals surface area contributed by atoms with Gasteiger partial charge in [0.1, 0.15) is 5.75 Å². The topological polar surface area (TPSA) is 61.5 Å². The van der Waals surface area contributed by atoms with E-state index in [-0.39, 0.29) is 12.4 Å². The Morgan fingerprint density at radius 2 is 2.29 bits per heavy atom. The summed E-state index contributed by atoms with van der Waals surface area (Å²) in [6.45, 7) is 2.71. The van der Waals surface area contributed by atoms with Crippen LogP contribution in [0.15, 0.2) is 24.3 Å². The van der Waals surface area contributed by atoms with Crippen molar-refractivity contribution in [2.75, 3.05) is 13.2 Å². The molecule has 1 unspecified atom stereocenters. The maximum atomic E-state index is 11.6. The number of rotatable bonds is 3. The van der Waals surface area contributed by atoms with E-state index in [1.807, 2.05) is 24.3 Å². The van der Waals surface area contributed by atoms with Crippen molar-refractivity contribution in [1.29, 1.82) is 0 Å². The van der Waals surface area contributed by atoms with Crippen LogP contribution in [0.4, 0.5) is 0 Å². The normalized spacial score (nSPS) is 22.5. The summed E-state index contributed by atoms with van der Waals surface area (Å²) in [7, 11) is 0. The predicted octanol–water partition coefficient (Wildman–Crippen LogP) is 1.58. The SMILES string of the molecule is CCOC(=O)CC1(N)CCOc2ccccc21. The summed E-state index contributed by atoms with van der Waals surface area (Å²) in [4.78, 5) is 11.6. The fourth-order valence-electron chi connectivity index (χ4n) is 2.13. The van der Waals surface area contributed by atoms with Gasteiger partial charge in [-0.1, -0.05) is 18.2 Å². The van der Waals surface area contributed by atoms with Crippen molar-refractivity contribution >= 4 is 5.97 Å². The van der Waals surface area contributed by atoms with Crippen molar-refractivity contribution in [1.82, 2.24) is 0 Å². The standard InChI is InChI=1S/C13H17NO3/c1-2-16-12(15)9-13(14)7-8-17-11-6-4-3-5-10(11)13/h3-6H,2,7-9,14H2,1H3. The molecule has 1 aromatic carbocycles. The summed E-state index contributed by atoms with van der Waals surface area (Å²) in [5.74, 6) is 0.511. The summed E-state index contributed by atoms with van der Waals surface area (Å²) in [6.07, 6.45) is 0.823. The minimum atomic E-state index is -0.666. The van der Waals surface area contributed by atoms with E-state index >= 15 is 0 Å². The quantitative estimate of drug-likeness (QED) is 0.808. The number of hydrogen-bond donors (Lipinski definition) is 1. The molecule has 1 aromatic rings. The lowest BCUT2D eigenvalue weighted by atomic mass is 9.83. The minimum Gasteiger partial charge on any atom is -0.493 e. The molecule has 1 aliphatic heterocycles. The number of nitrogens with two attached hydrogens (primary N) is 1. The fourth-order valence-corrected chi connectivity index (χ4v) is 2.13. The summed E-state index contributed by atoms with van der Waals surface area (Å²) < 4.78 is 10.5. The van der Waals surface area contributed by atoms with Crippen molar-refractivity contribution < 1.29 is 14.3 Å². The first kappa shape index (κ1) is 11.9. The van der Waals surface area contributed by atoms with E-state index in [0.717, 1.165) is 11.3 Å². The van der Waals surface area contributed by atoms with Crippen LogP contribution in [0.25, 0.3) is 0 Å². The number of carbonyl (C=O) groups is 1. The van der Waals surface area contributed by atoms with Crippen molar-refractivity contribution in [2.45, 2.75) is 25.3 Å². The van der Waals surface area contributed by atoms with Crippen molar-refractivity contribution in [3.8, 4) is 5.75 Å². The van der Waals surface area contributed by atoms with Crippen LogP contribution in [0.3, 0.4) is 0 Å². The molecule has 92 valence electrons. The monoisotopic (exact) mass is 235 g/mol. The third kappa shape index (κ3) is 2.42. The van der Waals surface area contributed by atoms with Gasteiger partial charge < -0.3 is 15.2 Å². The number of benzene rings is 1. The van der Waals surface area contributed by atoms with Crippen molar-refractivity contribution in [2.24, 2.45) is 5.73 Å². The molecule has 1 aliphatic rings. The highest BCUT2D eigenvalue weighted by molar-refractivity contribution is 5.71. The number of esters is 1. The largest absolute Gasteiger partial charge is 0.493 e. The van der Waals surface area contributed by atoms with Crippen LogP contribution in [-0.4, -0.2) is 19.2 Å². The van der Waals surface area contributed by atoms with E-state index in [1.165, 1.54) is 0 Å². The highest BCUT2D eigenvalue weighted by atomic mass is 16.5. The van der Waals surface area contributed by atoms with Gasteiger partial charge in [0, 0.05) is 12.0 Å². The fraction of sp³-hybridized carbons (Fsp3) is 0.462. The molecule has 0 amide bonds. The molecule has 4 nitrogen and oxygen atoms in total. The van der Waals surface area contributed by atoms with E-state index in [1.54, 1.807) is 6.92 Å². The van der Waals surface area contributed by atoms with Crippen molar-refractivity contribution in [3.63, 3.8) is 0 Å². The molecule has 0 saturated heterocycles. The molecule has 0 aromatic heterocycles. The Morgan fingerprint density at radius 3 is 3.06 bits per heavy atom. The summed E-state index contributed by atoms with van der Waals surface area (Å²) in [5, 5.41) is 0. The lowest BCUT2D eigenvalue weighted by Gasteiger charge is -2.34. The zero-order chi connectivity index (χ0) is 12.3. The third-order valence-electron chi connectivity index (χ3n) is 2.99. The minimum absolute atomic E-state index is 0.196. The van der Waals surface area contributed by atoms with Gasteiger partial charge in [-0.2, -0.15) is 0 Å². The molecule has 0 aliphatic carbocycles. The van der Waals surface area contributed by atoms with Gasteiger partial charge in [0.15, 0.2) is 0 Å². The summed E-state index contributed by atoms with van der Waals surface area (Å²) in [5.41, 5.74) is 6.54. The van der Waals surface area contributed by atoms with Crippen molar-refractivity contribution in [3.05, 3.63) is 29.8 Å². The van der Waals surface area contributed by atoms with Gasteiger partial charge in [-0.15, -0.1) is 0 Å². The Labute approximate surface area is 101 Å². The second-order valence-corrected chi connectivity index (χ2v) is 4.23. The zero-order valence-corrected chi connectivity index (χ0v) is 9.94. The Hall–Kier alpha value is -1.55. The molecule has 4 heteroatoms. The third-order valence-corrected chi connectivity index (χ3v) is 2.99. The average Bonchev–Trinajstić information content (AvgIpc) is 2.29. The second-order valence-electron chi connectivity index (χ2n) is 4.23. The smallest absolute Gasteiger partial charge is 0.307 e. The van der Waals surface area contributed by atoms with Crippen LogP contribution in [0, 0.1) is 0 Å². The van der Waals surface area contributed by atoms with Gasteiger partial charge in [0.2, 0.25) is 0 Å². The first-order valence-corrected chi connectivity index (χ1v) is 5.82. The second kappa shape index (κ2) is 4.75. The average molecular weight is 235 g/mol. The van der Waals surface area contributed by atoms with E-state index in [4.69, 9.17) is 15.2 Å². The number of hydrogen-bond acceptors (Lipinski definition) is 4. The Morgan fingerprint density at radius 1 is 1.53 bits per heavy atom. The van der Waals surface area contributed by atoms with Crippen LogP contribution < -0.4 is 10.5 Å². The van der Waals surface area contributed by atoms with Gasteiger partial charge >= 0.3 is 5.97 Å². The molecule has 0 fully saturated rings. The number of para-hydroxylation sites is 1. The molecular formula is C13H17NO3. The van der Waals surface area contributed by atoms with Crippen LogP contribution in [0.5, 0.6) is 5.75 Å². The Balaban J connectivity index is 2.23. The van der Waals surface area contributed by atoms with Gasteiger partial charge in [0.25, 0.3) is 0 Å². The molecule has 0 bridgehead atoms. The molecule has 0 saturated carbocycles. The first-order chi connectivity index (χ1) is 8.15. The van der Waals surface area contributed by atoms with Gasteiger partial charge in [-0.25, -0.2) is 0 Å². The number of carbonyl (C=O) groups excluding carboxylic acids is 1. The molecule has 2 N–H and O–H groups in total. The molecule has 0 radical (unpaired) electrons. The summed E-state index contributed by atoms with van der Waals surface area (Å²) >= 11 is 0. The zero-order valence-electron chi connectivity index (χ0n) is 9.94. The lowest BCUT2D eigenvalue weighted by molar-refractivity contribution is -0.144. The molecule has 1 atom stereocenters. The summed E-state index contributed by atoms with van der Waals surface area (Å²) in [6, 6.07) is 7.59. The van der Waals surface area contributed by atoms with Gasteiger partial charge in [-0.3, -0.25) is 4.79 Å². The predicted molar refractivity (Wildman–Crippen MR) is 63.7 cm³/mol. The van der Waals surface area contributed by atoms with Crippen LogP contribution in [0.1, 0.15) is 25.3 Å². The Kier molecular flexibility index (Phi) is 3.33. The first-order valence-electron chi connectivity index (χ1n) is 5.82. The molecule has 1 heterocycles. The van der Waals surface area contributed by atoms with Crippen LogP contribution >= 0.6 is 0 Å². The highest BCUT2D eigenvalue weighted by Crippen LogP contribution is 2.37. The van der Waals surface area contributed by atoms with E-state index in [2.05, 4.69) is 0 Å². The molecule has 0 spiro atoms. The van der Waals surface area contributed by atoms with Gasteiger partial charge in [-0.05, 0) is 13.0 Å². The van der Waals surface area contributed by atoms with Crippen LogP contribution in [0.2, 0.25) is 0 Å². The molecule has 17 heavy (non-hydrogen) atoms. The maximum absolute atomic E-state index is 11.6. The Bertz CT molecular complexity index is 419. The number of ether oxygens (including phenoxy) is 2. The van der Waals surface area contributed by atoms with E-state index in [9.17, 15) is 4.79 Å². The molecular weight excluding hydrogens is 218 g/mol. The van der Waals surface area contributed by atoms with Gasteiger partial charge in [0.05, 0.1) is 25.2 Å². The number of fused-ring (bicyclic) bond motifs is 1.